The number of nitrogens with zero attached hydrogens (tertiary/aromatic N) is 1. The summed E-state index contributed by atoms with van der Waals surface area (Å²) in [6, 6.07) is 7.85. The lowest BCUT2D eigenvalue weighted by Crippen LogP contribution is -2.41. The Morgan fingerprint density at radius 3 is 2.75 bits per heavy atom. The molecule has 1 heterocycles. The average Bonchev–Trinajstić information content (AvgIpc) is 3.28. The molecule has 1 aliphatic carbocycles. The van der Waals surface area contributed by atoms with Crippen LogP contribution < -0.4 is 5.32 Å². The van der Waals surface area contributed by atoms with Crippen molar-refractivity contribution in [3.05, 3.63) is 29.8 Å². The molecule has 0 radical (unpaired) electrons. The fourth-order valence-corrected chi connectivity index (χ4v) is 2.97. The molecule has 1 fully saturated rings. The van der Waals surface area contributed by atoms with Gasteiger partial charge in [0.25, 0.3) is 0 Å². The molecule has 0 bridgehead atoms. The van der Waals surface area contributed by atoms with Gasteiger partial charge in [-0.05, 0) is 37.3 Å². The summed E-state index contributed by atoms with van der Waals surface area (Å²) in [5.74, 6) is 0.281. The topological polar surface area (TPSA) is 49.4 Å². The summed E-state index contributed by atoms with van der Waals surface area (Å²) in [6.07, 6.45) is 2.67. The fraction of sp³-hybridized carbons (Fsp3) is 0.500. The molecule has 0 aromatic heterocycles. The summed E-state index contributed by atoms with van der Waals surface area (Å²) in [5, 5.41) is 2.84. The van der Waals surface area contributed by atoms with Gasteiger partial charge in [-0.25, -0.2) is 0 Å². The van der Waals surface area contributed by atoms with Crippen LogP contribution in [0.4, 0.5) is 5.69 Å². The molecule has 1 N–H and O–H groups in total. The molecule has 4 nitrogen and oxygen atoms in total. The van der Waals surface area contributed by atoms with E-state index < -0.39 is 0 Å². The fourth-order valence-electron chi connectivity index (χ4n) is 2.97. The number of hydrogen-bond acceptors (Lipinski definition) is 2. The number of hydrogen-bond donors (Lipinski definition) is 1. The van der Waals surface area contributed by atoms with Gasteiger partial charge in [0.1, 0.15) is 0 Å². The molecule has 106 valence electrons. The van der Waals surface area contributed by atoms with Crippen LogP contribution in [-0.4, -0.2) is 29.8 Å². The molecule has 2 unspecified atom stereocenters. The van der Waals surface area contributed by atoms with Gasteiger partial charge in [-0.1, -0.05) is 18.2 Å². The minimum absolute atomic E-state index is 0.0618. The number of anilines is 1. The van der Waals surface area contributed by atoms with Crippen LogP contribution >= 0.6 is 0 Å². The van der Waals surface area contributed by atoms with E-state index in [0.717, 1.165) is 11.3 Å². The standard InChI is InChI=1S/C16H20N2O2/c1-10(11-7-8-11)18(2)16(20)13-9-15(19)17-14-6-4-3-5-12(13)14/h3-6,10-11,13H,7-9H2,1-2H3,(H,17,19). The molecule has 2 atom stereocenters. The Bertz CT molecular complexity index is 551. The van der Waals surface area contributed by atoms with Crippen LogP contribution in [0.3, 0.4) is 0 Å². The highest BCUT2D eigenvalue weighted by atomic mass is 16.2. The van der Waals surface area contributed by atoms with Gasteiger partial charge in [-0.15, -0.1) is 0 Å². The molecule has 1 saturated carbocycles. The summed E-state index contributed by atoms with van der Waals surface area (Å²) >= 11 is 0. The average molecular weight is 272 g/mol. The van der Waals surface area contributed by atoms with Crippen LogP contribution in [0, 0.1) is 5.92 Å². The van der Waals surface area contributed by atoms with Gasteiger partial charge in [0.05, 0.1) is 5.92 Å². The normalized spacial score (nSPS) is 22.7. The number of amides is 2. The highest BCUT2D eigenvalue weighted by Gasteiger charge is 2.37. The molecule has 0 saturated heterocycles. The van der Waals surface area contributed by atoms with Crippen molar-refractivity contribution < 1.29 is 9.59 Å². The smallest absolute Gasteiger partial charge is 0.230 e. The summed E-state index contributed by atoms with van der Waals surface area (Å²) in [7, 11) is 1.86. The molecule has 0 spiro atoms. The van der Waals surface area contributed by atoms with Gasteiger partial charge in [-0.3, -0.25) is 9.59 Å². The molecule has 1 aliphatic heterocycles. The first kappa shape index (κ1) is 13.2. The van der Waals surface area contributed by atoms with Crippen molar-refractivity contribution in [2.75, 3.05) is 12.4 Å². The molecule has 1 aromatic rings. The third-order valence-electron chi connectivity index (χ3n) is 4.56. The second-order valence-corrected chi connectivity index (χ2v) is 5.92. The number of nitrogens with one attached hydrogen (secondary N) is 1. The third kappa shape index (κ3) is 2.30. The largest absolute Gasteiger partial charge is 0.342 e. The Labute approximate surface area is 119 Å². The monoisotopic (exact) mass is 272 g/mol. The Morgan fingerprint density at radius 1 is 1.35 bits per heavy atom. The number of likely N-dealkylation sites (N-methyl/N-ethyl adjacent to an activating group) is 1. The highest BCUT2D eigenvalue weighted by molar-refractivity contribution is 6.01. The van der Waals surface area contributed by atoms with Gasteiger partial charge in [-0.2, -0.15) is 0 Å². The molecule has 1 aromatic carbocycles. The van der Waals surface area contributed by atoms with Crippen molar-refractivity contribution in [3.8, 4) is 0 Å². The van der Waals surface area contributed by atoms with Crippen molar-refractivity contribution in [1.29, 1.82) is 0 Å². The first-order valence-corrected chi connectivity index (χ1v) is 7.23. The predicted molar refractivity (Wildman–Crippen MR) is 77.4 cm³/mol. The van der Waals surface area contributed by atoms with Crippen molar-refractivity contribution in [2.24, 2.45) is 5.92 Å². The highest BCUT2D eigenvalue weighted by Crippen LogP contribution is 2.37. The summed E-state index contributed by atoms with van der Waals surface area (Å²) in [4.78, 5) is 26.4. The second kappa shape index (κ2) is 4.93. The second-order valence-electron chi connectivity index (χ2n) is 5.92. The zero-order chi connectivity index (χ0) is 14.3. The van der Waals surface area contributed by atoms with Crippen molar-refractivity contribution >= 4 is 17.5 Å². The summed E-state index contributed by atoms with van der Waals surface area (Å²) in [5.41, 5.74) is 1.71. The van der Waals surface area contributed by atoms with Gasteiger partial charge < -0.3 is 10.2 Å². The van der Waals surface area contributed by atoms with Crippen LogP contribution in [0.5, 0.6) is 0 Å². The van der Waals surface area contributed by atoms with Crippen molar-refractivity contribution in [2.45, 2.75) is 38.1 Å². The SMILES string of the molecule is CC(C1CC1)N(C)C(=O)C1CC(=O)Nc2ccccc21. The molecule has 2 aliphatic rings. The van der Waals surface area contributed by atoms with Gasteiger partial charge >= 0.3 is 0 Å². The molecular weight excluding hydrogens is 252 g/mol. The van der Waals surface area contributed by atoms with Crippen LogP contribution in [-0.2, 0) is 9.59 Å². The Kier molecular flexibility index (Phi) is 3.24. The first-order valence-electron chi connectivity index (χ1n) is 7.23. The lowest BCUT2D eigenvalue weighted by molar-refractivity contribution is -0.135. The molecular formula is C16H20N2O2. The summed E-state index contributed by atoms with van der Waals surface area (Å²) in [6.45, 7) is 2.10. The Balaban J connectivity index is 1.85. The van der Waals surface area contributed by atoms with Crippen LogP contribution in [0.2, 0.25) is 0 Å². The van der Waals surface area contributed by atoms with Crippen LogP contribution in [0.1, 0.15) is 37.7 Å². The Hall–Kier alpha value is -1.84. The number of carbonyl (C=O) groups is 2. The van der Waals surface area contributed by atoms with E-state index >= 15 is 0 Å². The lowest BCUT2D eigenvalue weighted by Gasteiger charge is -2.32. The summed E-state index contributed by atoms with van der Waals surface area (Å²) < 4.78 is 0. The van der Waals surface area contributed by atoms with E-state index in [1.807, 2.05) is 36.2 Å². The maximum Gasteiger partial charge on any atom is 0.230 e. The lowest BCUT2D eigenvalue weighted by atomic mass is 9.89. The van der Waals surface area contributed by atoms with Gasteiger partial charge in [0, 0.05) is 25.2 Å². The predicted octanol–water partition coefficient (Wildman–Crippen LogP) is 2.37. The zero-order valence-electron chi connectivity index (χ0n) is 11.9. The number of para-hydroxylation sites is 1. The molecule has 4 heteroatoms. The molecule has 3 rings (SSSR count). The molecule has 2 amide bonds. The van der Waals surface area contributed by atoms with E-state index in [1.165, 1.54) is 12.8 Å². The minimum Gasteiger partial charge on any atom is -0.342 e. The van der Waals surface area contributed by atoms with Gasteiger partial charge in [0.2, 0.25) is 11.8 Å². The number of benzene rings is 1. The van der Waals surface area contributed by atoms with Crippen LogP contribution in [0.15, 0.2) is 24.3 Å². The zero-order valence-corrected chi connectivity index (χ0v) is 11.9. The third-order valence-corrected chi connectivity index (χ3v) is 4.56. The van der Waals surface area contributed by atoms with E-state index in [9.17, 15) is 9.59 Å². The number of fused-ring (bicyclic) bond motifs is 1. The van der Waals surface area contributed by atoms with Gasteiger partial charge in [0.15, 0.2) is 0 Å². The van der Waals surface area contributed by atoms with Crippen LogP contribution in [0.25, 0.3) is 0 Å². The maximum absolute atomic E-state index is 12.7. The minimum atomic E-state index is -0.342. The van der Waals surface area contributed by atoms with E-state index in [0.29, 0.717) is 5.92 Å². The number of rotatable bonds is 3. The van der Waals surface area contributed by atoms with E-state index in [4.69, 9.17) is 0 Å². The Morgan fingerprint density at radius 2 is 2.05 bits per heavy atom. The quantitative estimate of drug-likeness (QED) is 0.918. The van der Waals surface area contributed by atoms with Crippen molar-refractivity contribution in [3.63, 3.8) is 0 Å². The van der Waals surface area contributed by atoms with E-state index in [1.54, 1.807) is 0 Å². The van der Waals surface area contributed by atoms with Crippen molar-refractivity contribution in [1.82, 2.24) is 4.90 Å². The number of carbonyl (C=O) groups excluding carboxylic acids is 2. The van der Waals surface area contributed by atoms with E-state index in [2.05, 4.69) is 12.2 Å². The first-order chi connectivity index (χ1) is 9.58. The van der Waals surface area contributed by atoms with E-state index in [-0.39, 0.29) is 30.2 Å². The molecule has 20 heavy (non-hydrogen) atoms. The maximum atomic E-state index is 12.7.